The molecule has 0 aromatic heterocycles. The molecule has 1 saturated heterocycles. The maximum Gasteiger partial charge on any atom is 0.0589 e. The fourth-order valence-electron chi connectivity index (χ4n) is 1.85. The van der Waals surface area contributed by atoms with Gasteiger partial charge in [0.15, 0.2) is 0 Å². The Morgan fingerprint density at radius 2 is 2.35 bits per heavy atom. The highest BCUT2D eigenvalue weighted by molar-refractivity contribution is 8.00. The van der Waals surface area contributed by atoms with Gasteiger partial charge in [0.1, 0.15) is 0 Å². The van der Waals surface area contributed by atoms with Gasteiger partial charge in [-0.2, -0.15) is 0 Å². The molecule has 1 aromatic carbocycles. The van der Waals surface area contributed by atoms with E-state index in [0.717, 1.165) is 19.8 Å². The Kier molecular flexibility index (Phi) is 4.89. The van der Waals surface area contributed by atoms with Crippen LogP contribution >= 0.6 is 11.8 Å². The monoisotopic (exact) mass is 251 g/mol. The van der Waals surface area contributed by atoms with Crippen LogP contribution in [0.5, 0.6) is 0 Å². The van der Waals surface area contributed by atoms with Crippen LogP contribution in [0.3, 0.4) is 0 Å². The van der Waals surface area contributed by atoms with Crippen molar-refractivity contribution < 1.29 is 4.74 Å². The van der Waals surface area contributed by atoms with Gasteiger partial charge < -0.3 is 10.1 Å². The molecule has 2 nitrogen and oxygen atoms in total. The van der Waals surface area contributed by atoms with E-state index in [9.17, 15) is 0 Å². The van der Waals surface area contributed by atoms with Crippen molar-refractivity contribution in [2.75, 3.05) is 13.2 Å². The number of ether oxygens (including phenoxy) is 1. The predicted octanol–water partition coefficient (Wildman–Crippen LogP) is 3.07. The van der Waals surface area contributed by atoms with Gasteiger partial charge in [0.25, 0.3) is 0 Å². The molecule has 0 spiro atoms. The molecule has 0 amide bonds. The van der Waals surface area contributed by atoms with E-state index in [2.05, 4.69) is 43.4 Å². The first-order valence-corrected chi connectivity index (χ1v) is 7.19. The molecular formula is C14H21NOS. The average Bonchev–Trinajstić information content (AvgIpc) is 2.80. The average molecular weight is 251 g/mol. The van der Waals surface area contributed by atoms with E-state index in [1.807, 2.05) is 11.8 Å². The highest BCUT2D eigenvalue weighted by atomic mass is 32.2. The quantitative estimate of drug-likeness (QED) is 0.869. The summed E-state index contributed by atoms with van der Waals surface area (Å²) >= 11 is 1.95. The zero-order valence-electron chi connectivity index (χ0n) is 10.6. The van der Waals surface area contributed by atoms with Gasteiger partial charge in [-0.3, -0.25) is 0 Å². The smallest absolute Gasteiger partial charge is 0.0589 e. The summed E-state index contributed by atoms with van der Waals surface area (Å²) in [6.45, 7) is 7.13. The topological polar surface area (TPSA) is 21.3 Å². The van der Waals surface area contributed by atoms with Crippen LogP contribution in [0, 0.1) is 0 Å². The highest BCUT2D eigenvalue weighted by Gasteiger charge is 2.16. The van der Waals surface area contributed by atoms with E-state index >= 15 is 0 Å². The second-order valence-corrected chi connectivity index (χ2v) is 6.16. The summed E-state index contributed by atoms with van der Waals surface area (Å²) in [7, 11) is 0. The molecule has 0 bridgehead atoms. The lowest BCUT2D eigenvalue weighted by atomic mass is 10.2. The molecule has 1 unspecified atom stereocenters. The molecule has 0 aliphatic carbocycles. The number of rotatable bonds is 5. The molecule has 94 valence electrons. The van der Waals surface area contributed by atoms with Gasteiger partial charge in [-0.1, -0.05) is 26.0 Å². The second kappa shape index (κ2) is 6.43. The molecule has 17 heavy (non-hydrogen) atoms. The summed E-state index contributed by atoms with van der Waals surface area (Å²) in [5, 5.41) is 4.09. The summed E-state index contributed by atoms with van der Waals surface area (Å²) in [4.78, 5) is 1.36. The Bertz CT molecular complexity index is 348. The van der Waals surface area contributed by atoms with Crippen molar-refractivity contribution in [1.29, 1.82) is 0 Å². The van der Waals surface area contributed by atoms with Crippen LogP contribution in [0.1, 0.15) is 25.8 Å². The van der Waals surface area contributed by atoms with Crippen LogP contribution in [0.15, 0.2) is 29.2 Å². The van der Waals surface area contributed by atoms with E-state index in [0.29, 0.717) is 11.3 Å². The number of hydrogen-bond acceptors (Lipinski definition) is 3. The Labute approximate surface area is 108 Å². The normalized spacial score (nSPS) is 20.1. The lowest BCUT2D eigenvalue weighted by Gasteiger charge is -2.11. The van der Waals surface area contributed by atoms with Crippen molar-refractivity contribution in [2.24, 2.45) is 0 Å². The van der Waals surface area contributed by atoms with Crippen molar-refractivity contribution in [3.63, 3.8) is 0 Å². The molecule has 1 atom stereocenters. The molecule has 0 radical (unpaired) electrons. The number of benzene rings is 1. The third kappa shape index (κ3) is 4.34. The van der Waals surface area contributed by atoms with Gasteiger partial charge in [0.2, 0.25) is 0 Å². The van der Waals surface area contributed by atoms with Crippen LogP contribution in [-0.2, 0) is 11.3 Å². The van der Waals surface area contributed by atoms with Crippen molar-refractivity contribution in [3.8, 4) is 0 Å². The van der Waals surface area contributed by atoms with Crippen LogP contribution in [0.2, 0.25) is 0 Å². The molecule has 1 fully saturated rings. The third-order valence-corrected chi connectivity index (χ3v) is 4.03. The zero-order chi connectivity index (χ0) is 12.1. The molecule has 1 N–H and O–H groups in total. The highest BCUT2D eigenvalue weighted by Crippen LogP contribution is 2.28. The summed E-state index contributed by atoms with van der Waals surface area (Å²) in [5.74, 6) is 0. The number of hydrogen-bond donors (Lipinski definition) is 1. The molecule has 1 aliphatic heterocycles. The van der Waals surface area contributed by atoms with Crippen molar-refractivity contribution >= 4 is 11.8 Å². The first-order valence-electron chi connectivity index (χ1n) is 6.31. The van der Waals surface area contributed by atoms with E-state index in [1.54, 1.807) is 0 Å². The largest absolute Gasteiger partial charge is 0.380 e. The fourth-order valence-corrected chi connectivity index (χ4v) is 2.99. The van der Waals surface area contributed by atoms with Crippen molar-refractivity contribution in [1.82, 2.24) is 5.32 Å². The maximum atomic E-state index is 5.41. The van der Waals surface area contributed by atoms with Crippen LogP contribution in [0.4, 0.5) is 0 Å². The fraction of sp³-hybridized carbons (Fsp3) is 0.571. The van der Waals surface area contributed by atoms with Crippen LogP contribution in [0.25, 0.3) is 0 Å². The molecule has 1 heterocycles. The Balaban J connectivity index is 1.91. The SMILES string of the molecule is CC(C)NCc1cccc(SC2CCOC2)c1. The van der Waals surface area contributed by atoms with Crippen molar-refractivity contribution in [2.45, 2.75) is 43.0 Å². The van der Waals surface area contributed by atoms with E-state index < -0.39 is 0 Å². The summed E-state index contributed by atoms with van der Waals surface area (Å²) in [5.41, 5.74) is 1.36. The number of nitrogens with one attached hydrogen (secondary N) is 1. The van der Waals surface area contributed by atoms with E-state index in [1.165, 1.54) is 16.9 Å². The van der Waals surface area contributed by atoms with E-state index in [-0.39, 0.29) is 0 Å². The van der Waals surface area contributed by atoms with Gasteiger partial charge in [-0.25, -0.2) is 0 Å². The summed E-state index contributed by atoms with van der Waals surface area (Å²) < 4.78 is 5.41. The van der Waals surface area contributed by atoms with Crippen LogP contribution < -0.4 is 5.32 Å². The standard InChI is InChI=1S/C14H21NOS/c1-11(2)15-9-12-4-3-5-13(8-12)17-14-6-7-16-10-14/h3-5,8,11,14-15H,6-7,9-10H2,1-2H3. The van der Waals surface area contributed by atoms with E-state index in [4.69, 9.17) is 4.74 Å². The lowest BCUT2D eigenvalue weighted by Crippen LogP contribution is -2.21. The molecular weight excluding hydrogens is 230 g/mol. The van der Waals surface area contributed by atoms with Gasteiger partial charge in [0.05, 0.1) is 6.61 Å². The van der Waals surface area contributed by atoms with Crippen LogP contribution in [-0.4, -0.2) is 24.5 Å². The van der Waals surface area contributed by atoms with Gasteiger partial charge in [-0.15, -0.1) is 11.8 Å². The molecule has 1 aromatic rings. The zero-order valence-corrected chi connectivity index (χ0v) is 11.4. The summed E-state index contributed by atoms with van der Waals surface area (Å²) in [6.07, 6.45) is 1.18. The minimum Gasteiger partial charge on any atom is -0.380 e. The first-order chi connectivity index (χ1) is 8.24. The molecule has 0 saturated carbocycles. The van der Waals surface area contributed by atoms with Gasteiger partial charge in [-0.05, 0) is 24.1 Å². The first kappa shape index (κ1) is 12.9. The minimum atomic E-state index is 0.537. The number of thioether (sulfide) groups is 1. The lowest BCUT2D eigenvalue weighted by molar-refractivity contribution is 0.199. The maximum absolute atomic E-state index is 5.41. The van der Waals surface area contributed by atoms with Gasteiger partial charge >= 0.3 is 0 Å². The third-order valence-electron chi connectivity index (χ3n) is 2.80. The Hall–Kier alpha value is -0.510. The second-order valence-electron chi connectivity index (χ2n) is 4.79. The van der Waals surface area contributed by atoms with Crippen molar-refractivity contribution in [3.05, 3.63) is 29.8 Å². The molecule has 1 aliphatic rings. The molecule has 2 rings (SSSR count). The Morgan fingerprint density at radius 1 is 1.47 bits per heavy atom. The summed E-state index contributed by atoms with van der Waals surface area (Å²) in [6, 6.07) is 9.36. The molecule has 3 heteroatoms. The predicted molar refractivity (Wildman–Crippen MR) is 73.5 cm³/mol. The minimum absolute atomic E-state index is 0.537. The van der Waals surface area contributed by atoms with Gasteiger partial charge in [0, 0.05) is 29.3 Å². The Morgan fingerprint density at radius 3 is 3.06 bits per heavy atom.